The van der Waals surface area contributed by atoms with Gasteiger partial charge >= 0.3 is 26.4 Å². The second-order valence-electron chi connectivity index (χ2n) is 27.4. The number of hydrogen-bond donors (Lipinski definition) is 8. The Balaban J connectivity index is 0.000000129. The number of imidazole rings is 4. The van der Waals surface area contributed by atoms with Crippen LogP contribution in [0.15, 0.2) is 170 Å². The van der Waals surface area contributed by atoms with Crippen LogP contribution in [-0.2, 0) is 6.42 Å². The summed E-state index contributed by atoms with van der Waals surface area (Å²) in [5, 5.41) is 11.4. The van der Waals surface area contributed by atoms with Crippen molar-refractivity contribution in [2.45, 2.75) is 84.2 Å². The van der Waals surface area contributed by atoms with E-state index in [0.717, 1.165) is 79.9 Å². The number of hydrogen-bond acceptors (Lipinski definition) is 24. The largest absolute Gasteiger partial charge is 0.432 e. The second-order valence-corrected chi connectivity index (χ2v) is 27.4. The van der Waals surface area contributed by atoms with Crippen molar-refractivity contribution in [3.05, 3.63) is 240 Å². The van der Waals surface area contributed by atoms with Crippen molar-refractivity contribution in [2.75, 3.05) is 44.2 Å². The molecular formula is C81H62F16N24O4. The van der Waals surface area contributed by atoms with Crippen LogP contribution in [0.1, 0.15) is 67.6 Å². The lowest BCUT2D eigenvalue weighted by molar-refractivity contribution is -0.0527. The molecule has 642 valence electrons. The molecule has 28 nitrogen and oxygen atoms in total. The fourth-order valence-corrected chi connectivity index (χ4v) is 12.9. The molecule has 2 saturated carbocycles. The van der Waals surface area contributed by atoms with Crippen molar-refractivity contribution < 1.29 is 89.2 Å². The monoisotopic (exact) mass is 1740 g/mol. The topological polar surface area (TPSA) is 363 Å². The molecule has 125 heavy (non-hydrogen) atoms. The van der Waals surface area contributed by atoms with Gasteiger partial charge in [0.1, 0.15) is 98.6 Å². The average molecular weight is 1740 g/mol. The summed E-state index contributed by atoms with van der Waals surface area (Å²) in [6.45, 7) is -8.97. The number of halogens is 16. The van der Waals surface area contributed by atoms with Gasteiger partial charge in [-0.2, -0.15) is 65.0 Å². The van der Waals surface area contributed by atoms with E-state index >= 15 is 0 Å². The van der Waals surface area contributed by atoms with Crippen molar-refractivity contribution in [1.29, 1.82) is 0 Å². The van der Waals surface area contributed by atoms with Crippen LogP contribution in [0.5, 0.6) is 23.0 Å². The van der Waals surface area contributed by atoms with Gasteiger partial charge in [0.15, 0.2) is 52.1 Å². The van der Waals surface area contributed by atoms with Gasteiger partial charge in [0.2, 0.25) is 17.8 Å². The minimum absolute atomic E-state index is 0.0956. The van der Waals surface area contributed by atoms with Gasteiger partial charge in [-0.05, 0) is 130 Å². The van der Waals surface area contributed by atoms with Crippen LogP contribution in [0.25, 0.3) is 68.1 Å². The molecule has 0 amide bonds. The van der Waals surface area contributed by atoms with Gasteiger partial charge in [-0.3, -0.25) is 18.1 Å². The van der Waals surface area contributed by atoms with E-state index in [9.17, 15) is 70.2 Å². The molecule has 0 unspecified atom stereocenters. The number of fused-ring (bicyclic) bond motifs is 4. The molecular weight excluding hydrogens is 1680 g/mol. The van der Waals surface area contributed by atoms with Gasteiger partial charge in [0, 0.05) is 114 Å². The zero-order valence-electron chi connectivity index (χ0n) is 64.3. The highest BCUT2D eigenvalue weighted by Crippen LogP contribution is 2.45. The van der Waals surface area contributed by atoms with E-state index in [2.05, 4.69) is 100 Å². The molecule has 16 aromatic rings. The maximum absolute atomic E-state index is 14.1. The summed E-state index contributed by atoms with van der Waals surface area (Å²) in [6.07, 6.45) is 5.64. The molecule has 2 aliphatic rings. The normalized spacial score (nSPS) is 12.5. The van der Waals surface area contributed by atoms with Crippen LogP contribution in [0, 0.1) is 53.5 Å². The first-order chi connectivity index (χ1) is 59.9. The summed E-state index contributed by atoms with van der Waals surface area (Å²) < 4.78 is 233. The predicted molar refractivity (Wildman–Crippen MR) is 427 cm³/mol. The molecule has 2 fully saturated rings. The van der Waals surface area contributed by atoms with E-state index in [1.54, 1.807) is 38.7 Å². The van der Waals surface area contributed by atoms with Crippen LogP contribution in [0.3, 0.4) is 0 Å². The Hall–Kier alpha value is -15.6. The summed E-state index contributed by atoms with van der Waals surface area (Å²) in [5.74, 6) is -3.70. The highest BCUT2D eigenvalue weighted by atomic mass is 19.3. The maximum atomic E-state index is 14.1. The van der Waals surface area contributed by atoms with Crippen LogP contribution in [0.2, 0.25) is 0 Å². The molecule has 0 saturated heterocycles. The van der Waals surface area contributed by atoms with E-state index in [0.29, 0.717) is 68.3 Å². The van der Waals surface area contributed by atoms with Crippen molar-refractivity contribution in [3.63, 3.8) is 0 Å². The fraction of sp³-hybridized carbons (Fsp3) is 0.160. The number of aromatic nitrogens is 16. The molecule has 44 heteroatoms. The third-order valence-electron chi connectivity index (χ3n) is 18.4. The number of nitrogens with zero attached hydrogens (tertiary/aromatic N) is 16. The molecule has 0 aliphatic heterocycles. The number of anilines is 12. The van der Waals surface area contributed by atoms with Gasteiger partial charge in [0.25, 0.3) is 0 Å². The lowest BCUT2D eigenvalue weighted by atomic mass is 10.2. The molecule has 9 heterocycles. The Morgan fingerprint density at radius 3 is 1.13 bits per heavy atom. The minimum Gasteiger partial charge on any atom is -0.432 e. The molecule has 9 aromatic heterocycles. The van der Waals surface area contributed by atoms with E-state index < -0.39 is 96.0 Å². The summed E-state index contributed by atoms with van der Waals surface area (Å²) in [7, 11) is 0. The molecule has 18 rings (SSSR count). The van der Waals surface area contributed by atoms with E-state index in [1.165, 1.54) is 108 Å². The number of pyridine rings is 1. The molecule has 0 atom stereocenters. The third kappa shape index (κ3) is 19.9. The summed E-state index contributed by atoms with van der Waals surface area (Å²) >= 11 is 0. The predicted octanol–water partition coefficient (Wildman–Crippen LogP) is 18.7. The fourth-order valence-electron chi connectivity index (χ4n) is 12.9. The summed E-state index contributed by atoms with van der Waals surface area (Å²) in [5.41, 5.74) is 29.6. The van der Waals surface area contributed by atoms with E-state index in [4.69, 9.17) is 22.9 Å². The van der Waals surface area contributed by atoms with Crippen molar-refractivity contribution in [2.24, 2.45) is 0 Å². The average Bonchev–Trinajstić information content (AvgIpc) is 1.62. The van der Waals surface area contributed by atoms with E-state index in [1.807, 2.05) is 6.92 Å². The molecule has 0 radical (unpaired) electrons. The summed E-state index contributed by atoms with van der Waals surface area (Å²) in [4.78, 5) is 52.6. The number of alkyl halides is 8. The minimum atomic E-state index is -3.14. The smallest absolute Gasteiger partial charge is 0.387 e. The number of ether oxygens (including phenoxy) is 4. The zero-order chi connectivity index (χ0) is 88.3. The third-order valence-corrected chi connectivity index (χ3v) is 18.4. The zero-order valence-corrected chi connectivity index (χ0v) is 64.3. The Kier molecular flexibility index (Phi) is 24.1. The Bertz CT molecular complexity index is 6530. The lowest BCUT2D eigenvalue weighted by Gasteiger charge is -2.12. The van der Waals surface area contributed by atoms with Crippen molar-refractivity contribution in [1.82, 2.24) is 77.9 Å². The van der Waals surface area contributed by atoms with Crippen LogP contribution in [-0.4, -0.2) is 104 Å². The van der Waals surface area contributed by atoms with Gasteiger partial charge in [-0.25, -0.2) is 65.0 Å². The number of aryl methyl sites for hydroxylation is 2. The van der Waals surface area contributed by atoms with Gasteiger partial charge in [0.05, 0.1) is 38.8 Å². The Morgan fingerprint density at radius 2 is 0.728 bits per heavy atom. The number of nitrogens with two attached hydrogens (primary N) is 4. The first kappa shape index (κ1) is 84.5. The molecule has 12 N–H and O–H groups in total. The molecule has 0 bridgehead atoms. The van der Waals surface area contributed by atoms with E-state index in [-0.39, 0.29) is 105 Å². The lowest BCUT2D eigenvalue weighted by Crippen LogP contribution is -2.09. The standard InChI is InChI=1S/2C21H16F4N6O.C20H16F4N6O.C19H14F4N6O/c22-11-3-6-17-30-18(10-1-2-10)19(31(17)9-11)20-28-15(26)8-16(29-20)27-12-4-5-14(13(23)7-12)32-21(24)25;22-11-3-5-14-15(7-11)31(19(28-14)10-1-2-10)21-29-17(26)9-18(30-21)27-12-4-6-16(13(23)8-12)32-20(24)25;1-2-18-27-13-5-3-10(21)7-14(13)30(18)20-28-16(25)9-17(29-20)26-11-4-6-15(12(22)8-11)31-19(23)24;1-9-25-13-4-2-10(20)6-14(13)29(9)19-27-16(24)8-17(28-19)26-11-3-5-15(12(21)7-11)30-18(22)23/h3-10,21H,1-2H2,(H3,26,27,28,29);3-10,20H,1-2H2,(H3,26,27,29,30);3-9,19H,2H2,1H3,(H3,25,26,28,29);2-8,18H,1H3,(H3,24,26,27,28). The highest BCUT2D eigenvalue weighted by Gasteiger charge is 2.34. The number of nitrogens with one attached hydrogen (secondary N) is 4. The number of rotatable bonds is 23. The van der Waals surface area contributed by atoms with Gasteiger partial charge in [-0.15, -0.1) is 0 Å². The Labute approximate surface area is 693 Å². The first-order valence-electron chi connectivity index (χ1n) is 37.2. The summed E-state index contributed by atoms with van der Waals surface area (Å²) in [6, 6.07) is 34.8. The van der Waals surface area contributed by atoms with Crippen LogP contribution < -0.4 is 63.1 Å². The van der Waals surface area contributed by atoms with Crippen molar-refractivity contribution in [3.8, 4) is 52.4 Å². The van der Waals surface area contributed by atoms with Crippen LogP contribution >= 0.6 is 0 Å². The number of nitrogen functional groups attached to an aromatic ring is 4. The SMILES string of the molecule is CCc1nc2ccc(F)cc2n1-c1nc(N)cc(Nc2ccc(OC(F)F)c(F)c2)n1.Cc1nc2ccc(F)cc2n1-c1nc(N)cc(Nc2ccc(OC(F)F)c(F)c2)n1.Nc1cc(Nc2ccc(OC(F)F)c(F)c2)nc(-c2c(C3CC3)nc3ccc(F)cn23)n1.Nc1cc(Nc2ccc(OC(F)F)c(F)c2)nc(-n2c(C3CC3)nc3ccc(F)cc32)n1. The quantitative estimate of drug-likeness (QED) is 0.0276. The first-order valence-corrected chi connectivity index (χ1v) is 37.2. The van der Waals surface area contributed by atoms with Crippen LogP contribution in [0.4, 0.5) is 140 Å². The van der Waals surface area contributed by atoms with Gasteiger partial charge in [-0.1, -0.05) is 6.92 Å². The molecule has 7 aromatic carbocycles. The Morgan fingerprint density at radius 1 is 0.368 bits per heavy atom. The second kappa shape index (κ2) is 35.6. The molecule has 2 aliphatic carbocycles. The molecule has 0 spiro atoms. The van der Waals surface area contributed by atoms with Gasteiger partial charge < -0.3 is 63.1 Å². The van der Waals surface area contributed by atoms with Crippen molar-refractivity contribution >= 4 is 108 Å². The number of benzene rings is 7. The highest BCUT2D eigenvalue weighted by molar-refractivity contribution is 5.81. The maximum Gasteiger partial charge on any atom is 0.387 e.